The molecule has 0 saturated heterocycles. The van der Waals surface area contributed by atoms with E-state index in [1.165, 1.54) is 11.1 Å². The monoisotopic (exact) mass is 306 g/mol. The number of rotatable bonds is 5. The van der Waals surface area contributed by atoms with E-state index < -0.39 is 0 Å². The Kier molecular flexibility index (Phi) is 5.04. The molecule has 2 aromatic rings. The normalized spacial score (nSPS) is 14.4. The van der Waals surface area contributed by atoms with Crippen molar-refractivity contribution in [2.24, 2.45) is 12.8 Å². The molecule has 1 aromatic heterocycles. The van der Waals surface area contributed by atoms with E-state index >= 15 is 0 Å². The van der Waals surface area contributed by atoms with Gasteiger partial charge in [-0.3, -0.25) is 9.58 Å². The highest BCUT2D eigenvalue weighted by molar-refractivity contribution is 6.30. The van der Waals surface area contributed by atoms with Gasteiger partial charge in [0.05, 0.1) is 11.7 Å². The van der Waals surface area contributed by atoms with Gasteiger partial charge in [0, 0.05) is 36.4 Å². The summed E-state index contributed by atoms with van der Waals surface area (Å²) in [5, 5.41) is 5.18. The molecule has 2 atom stereocenters. The van der Waals surface area contributed by atoms with E-state index in [0.717, 1.165) is 10.7 Å². The zero-order chi connectivity index (χ0) is 15.6. The second-order valence-electron chi connectivity index (χ2n) is 5.49. The van der Waals surface area contributed by atoms with Gasteiger partial charge in [0.2, 0.25) is 0 Å². The fraction of sp³-hybridized carbons (Fsp3) is 0.438. The second kappa shape index (κ2) is 6.60. The molecule has 0 aliphatic carbocycles. The number of halogens is 1. The molecule has 2 rings (SSSR count). The van der Waals surface area contributed by atoms with Crippen LogP contribution in [0.5, 0.6) is 0 Å². The minimum Gasteiger partial charge on any atom is -0.329 e. The van der Waals surface area contributed by atoms with E-state index in [9.17, 15) is 0 Å². The zero-order valence-corrected chi connectivity index (χ0v) is 13.8. The Labute approximate surface area is 131 Å². The third-order valence-electron chi connectivity index (χ3n) is 4.09. The molecule has 0 amide bonds. The van der Waals surface area contributed by atoms with Crippen LogP contribution in [0.3, 0.4) is 0 Å². The fourth-order valence-corrected chi connectivity index (χ4v) is 2.83. The van der Waals surface area contributed by atoms with Gasteiger partial charge in [-0.2, -0.15) is 5.10 Å². The lowest BCUT2D eigenvalue weighted by atomic mass is 10.0. The third kappa shape index (κ3) is 3.46. The van der Waals surface area contributed by atoms with Gasteiger partial charge in [-0.15, -0.1) is 0 Å². The first kappa shape index (κ1) is 16.0. The Morgan fingerprint density at radius 1 is 1.33 bits per heavy atom. The van der Waals surface area contributed by atoms with Crippen LogP contribution in [0.4, 0.5) is 0 Å². The minimum atomic E-state index is 0.143. The van der Waals surface area contributed by atoms with Crippen LogP contribution in [0.1, 0.15) is 35.8 Å². The fourth-order valence-electron chi connectivity index (χ4n) is 2.70. The van der Waals surface area contributed by atoms with E-state index in [0.29, 0.717) is 6.54 Å². The van der Waals surface area contributed by atoms with Gasteiger partial charge in [-0.1, -0.05) is 23.7 Å². The molecule has 1 heterocycles. The van der Waals surface area contributed by atoms with Crippen LogP contribution in [-0.2, 0) is 7.05 Å². The first-order valence-electron chi connectivity index (χ1n) is 7.11. The average Bonchev–Trinajstić information content (AvgIpc) is 2.78. The molecule has 0 saturated carbocycles. The molecule has 0 aliphatic heterocycles. The maximum atomic E-state index is 6.02. The van der Waals surface area contributed by atoms with Crippen molar-refractivity contribution >= 4 is 11.6 Å². The van der Waals surface area contributed by atoms with Gasteiger partial charge in [0.25, 0.3) is 0 Å². The van der Waals surface area contributed by atoms with Crippen molar-refractivity contribution in [3.63, 3.8) is 0 Å². The molecule has 21 heavy (non-hydrogen) atoms. The Morgan fingerprint density at radius 2 is 1.95 bits per heavy atom. The van der Waals surface area contributed by atoms with Crippen LogP contribution < -0.4 is 5.73 Å². The van der Waals surface area contributed by atoms with Gasteiger partial charge in [-0.05, 0) is 38.6 Å². The number of aryl methyl sites for hydroxylation is 2. The maximum Gasteiger partial charge on any atom is 0.0641 e. The van der Waals surface area contributed by atoms with Crippen LogP contribution in [0, 0.1) is 6.92 Å². The molecule has 0 aliphatic rings. The number of nitrogens with zero attached hydrogens (tertiary/aromatic N) is 3. The number of likely N-dealkylation sites (N-methyl/N-ethyl adjacent to an activating group) is 1. The Hall–Kier alpha value is -1.36. The number of aromatic nitrogens is 2. The predicted octanol–water partition coefficient (Wildman–Crippen LogP) is 3.07. The minimum absolute atomic E-state index is 0.143. The third-order valence-corrected chi connectivity index (χ3v) is 4.34. The van der Waals surface area contributed by atoms with E-state index in [1.807, 2.05) is 30.8 Å². The van der Waals surface area contributed by atoms with E-state index in [-0.39, 0.29) is 12.1 Å². The molecular formula is C16H23ClN4. The van der Waals surface area contributed by atoms with Crippen molar-refractivity contribution < 1.29 is 0 Å². The summed E-state index contributed by atoms with van der Waals surface area (Å²) >= 11 is 5.96. The van der Waals surface area contributed by atoms with Crippen molar-refractivity contribution in [3.05, 3.63) is 52.3 Å². The Bertz CT molecular complexity index is 591. The standard InChI is InChI=1S/C16H23ClN4/c1-11-15(10-20(3)19-11)16(9-18)21(4)12(2)13-5-7-14(17)8-6-13/h5-8,10,12,16H,9,18H2,1-4H3. The summed E-state index contributed by atoms with van der Waals surface area (Å²) < 4.78 is 1.84. The lowest BCUT2D eigenvalue weighted by molar-refractivity contribution is 0.189. The molecule has 0 radical (unpaired) electrons. The van der Waals surface area contributed by atoms with Crippen molar-refractivity contribution in [3.8, 4) is 0 Å². The first-order valence-corrected chi connectivity index (χ1v) is 7.49. The van der Waals surface area contributed by atoms with Gasteiger partial charge >= 0.3 is 0 Å². The number of hydrogen-bond acceptors (Lipinski definition) is 3. The molecule has 0 bridgehead atoms. The van der Waals surface area contributed by atoms with E-state index in [4.69, 9.17) is 17.3 Å². The van der Waals surface area contributed by atoms with Gasteiger partial charge in [0.15, 0.2) is 0 Å². The van der Waals surface area contributed by atoms with Crippen LogP contribution in [0.25, 0.3) is 0 Å². The summed E-state index contributed by atoms with van der Waals surface area (Å²) in [5.41, 5.74) is 9.46. The number of nitrogens with two attached hydrogens (primary N) is 1. The molecule has 1 aromatic carbocycles. The largest absolute Gasteiger partial charge is 0.329 e. The summed E-state index contributed by atoms with van der Waals surface area (Å²) in [5.74, 6) is 0. The van der Waals surface area contributed by atoms with Crippen molar-refractivity contribution in [2.75, 3.05) is 13.6 Å². The predicted molar refractivity (Wildman–Crippen MR) is 87.4 cm³/mol. The van der Waals surface area contributed by atoms with Gasteiger partial charge < -0.3 is 5.73 Å². The molecule has 114 valence electrons. The van der Waals surface area contributed by atoms with Gasteiger partial charge in [0.1, 0.15) is 0 Å². The molecule has 0 spiro atoms. The van der Waals surface area contributed by atoms with Crippen molar-refractivity contribution in [1.82, 2.24) is 14.7 Å². The van der Waals surface area contributed by atoms with Crippen molar-refractivity contribution in [1.29, 1.82) is 0 Å². The summed E-state index contributed by atoms with van der Waals surface area (Å²) in [6, 6.07) is 8.36. The summed E-state index contributed by atoms with van der Waals surface area (Å²) in [6.45, 7) is 4.76. The molecule has 4 nitrogen and oxygen atoms in total. The summed E-state index contributed by atoms with van der Waals surface area (Å²) in [6.07, 6.45) is 2.05. The van der Waals surface area contributed by atoms with Crippen LogP contribution in [-0.4, -0.2) is 28.3 Å². The molecular weight excluding hydrogens is 284 g/mol. The van der Waals surface area contributed by atoms with E-state index in [1.54, 1.807) is 0 Å². The Balaban J connectivity index is 2.25. The Morgan fingerprint density at radius 3 is 2.43 bits per heavy atom. The van der Waals surface area contributed by atoms with Crippen molar-refractivity contribution in [2.45, 2.75) is 25.9 Å². The smallest absolute Gasteiger partial charge is 0.0641 e. The highest BCUT2D eigenvalue weighted by Gasteiger charge is 2.24. The lowest BCUT2D eigenvalue weighted by Crippen LogP contribution is -2.33. The molecule has 2 unspecified atom stereocenters. The maximum absolute atomic E-state index is 6.02. The highest BCUT2D eigenvalue weighted by atomic mass is 35.5. The van der Waals surface area contributed by atoms with E-state index in [2.05, 4.69) is 42.3 Å². The zero-order valence-electron chi connectivity index (χ0n) is 13.0. The van der Waals surface area contributed by atoms with Crippen LogP contribution >= 0.6 is 11.6 Å². The highest BCUT2D eigenvalue weighted by Crippen LogP contribution is 2.30. The molecule has 2 N–H and O–H groups in total. The van der Waals surface area contributed by atoms with Gasteiger partial charge in [-0.25, -0.2) is 0 Å². The SMILES string of the molecule is Cc1nn(C)cc1C(CN)N(C)C(C)c1ccc(Cl)cc1. The topological polar surface area (TPSA) is 47.1 Å². The van der Waals surface area contributed by atoms with Crippen LogP contribution in [0.15, 0.2) is 30.5 Å². The number of hydrogen-bond donors (Lipinski definition) is 1. The second-order valence-corrected chi connectivity index (χ2v) is 5.92. The lowest BCUT2D eigenvalue weighted by Gasteiger charge is -2.32. The quantitative estimate of drug-likeness (QED) is 0.923. The summed E-state index contributed by atoms with van der Waals surface area (Å²) in [7, 11) is 4.04. The first-order chi connectivity index (χ1) is 9.93. The molecule has 0 fully saturated rings. The van der Waals surface area contributed by atoms with Crippen LogP contribution in [0.2, 0.25) is 5.02 Å². The summed E-state index contributed by atoms with van der Waals surface area (Å²) in [4.78, 5) is 2.28. The molecule has 5 heteroatoms. The average molecular weight is 307 g/mol. The number of benzene rings is 1.